The molecule has 3 aromatic rings. The zero-order valence-corrected chi connectivity index (χ0v) is 12.2. The second-order valence-corrected chi connectivity index (χ2v) is 5.51. The maximum atomic E-state index is 12.3. The highest BCUT2D eigenvalue weighted by Gasteiger charge is 2.14. The Balaban J connectivity index is 1.91. The summed E-state index contributed by atoms with van der Waals surface area (Å²) in [4.78, 5) is 17.5. The third-order valence-corrected chi connectivity index (χ3v) is 4.08. The third kappa shape index (κ3) is 2.20. The van der Waals surface area contributed by atoms with E-state index in [0.29, 0.717) is 5.69 Å². The van der Waals surface area contributed by atoms with Crippen LogP contribution in [-0.2, 0) is 6.42 Å². The number of rotatable bonds is 3. The lowest BCUT2D eigenvalue weighted by atomic mass is 10.1. The van der Waals surface area contributed by atoms with E-state index in [-0.39, 0.29) is 5.91 Å². The van der Waals surface area contributed by atoms with Gasteiger partial charge in [0.25, 0.3) is 5.91 Å². The highest BCUT2D eigenvalue weighted by Crippen LogP contribution is 2.22. The van der Waals surface area contributed by atoms with Crippen LogP contribution in [0, 0.1) is 6.92 Å². The smallest absolute Gasteiger partial charge is 0.275 e. The molecular weight excluding hydrogens is 270 g/mol. The number of nitrogens with one attached hydrogen (secondary N) is 1. The fraction of sp³-hybridized carbons (Fsp3) is 0.200. The summed E-state index contributed by atoms with van der Waals surface area (Å²) in [5, 5.41) is 4.93. The Morgan fingerprint density at radius 3 is 3.05 bits per heavy atom. The first-order chi connectivity index (χ1) is 9.69. The number of hydrogen-bond acceptors (Lipinski definition) is 3. The molecule has 3 rings (SSSR count). The van der Waals surface area contributed by atoms with Crippen molar-refractivity contribution in [2.45, 2.75) is 20.3 Å². The van der Waals surface area contributed by atoms with Crippen LogP contribution < -0.4 is 5.32 Å². The number of thiazole rings is 1. The molecule has 0 aliphatic carbocycles. The van der Waals surface area contributed by atoms with Gasteiger partial charge in [0, 0.05) is 23.5 Å². The molecule has 0 saturated heterocycles. The van der Waals surface area contributed by atoms with E-state index in [1.165, 1.54) is 11.3 Å². The van der Waals surface area contributed by atoms with E-state index in [0.717, 1.165) is 28.2 Å². The second kappa shape index (κ2) is 5.09. The van der Waals surface area contributed by atoms with Gasteiger partial charge in [0.15, 0.2) is 4.96 Å². The first-order valence-corrected chi connectivity index (χ1v) is 7.39. The van der Waals surface area contributed by atoms with Gasteiger partial charge in [0.05, 0.1) is 0 Å². The lowest BCUT2D eigenvalue weighted by molar-refractivity contribution is 0.102. The molecule has 0 saturated carbocycles. The average molecular weight is 285 g/mol. The number of amides is 1. The molecular formula is C15H15N3OS. The standard InChI is InChI=1S/C15H15N3OS/c1-3-11-6-4-5-10(2)13(11)17-14(19)12-9-18-7-8-20-15(18)16-12/h4-9H,3H2,1-2H3,(H,17,19). The number of fused-ring (bicyclic) bond motifs is 1. The first-order valence-electron chi connectivity index (χ1n) is 6.51. The highest BCUT2D eigenvalue weighted by molar-refractivity contribution is 7.15. The zero-order chi connectivity index (χ0) is 14.1. The van der Waals surface area contributed by atoms with Gasteiger partial charge >= 0.3 is 0 Å². The maximum absolute atomic E-state index is 12.3. The molecule has 0 radical (unpaired) electrons. The molecule has 5 heteroatoms. The predicted molar refractivity (Wildman–Crippen MR) is 81.6 cm³/mol. The Morgan fingerprint density at radius 1 is 1.45 bits per heavy atom. The Labute approximate surface area is 121 Å². The molecule has 20 heavy (non-hydrogen) atoms. The van der Waals surface area contributed by atoms with Gasteiger partial charge in [-0.1, -0.05) is 25.1 Å². The number of anilines is 1. The number of benzene rings is 1. The van der Waals surface area contributed by atoms with Crippen molar-refractivity contribution in [3.05, 3.63) is 52.8 Å². The van der Waals surface area contributed by atoms with Crippen molar-refractivity contribution in [2.75, 3.05) is 5.32 Å². The monoisotopic (exact) mass is 285 g/mol. The minimum atomic E-state index is -0.162. The van der Waals surface area contributed by atoms with Crippen molar-refractivity contribution in [3.8, 4) is 0 Å². The third-order valence-electron chi connectivity index (χ3n) is 3.30. The Hall–Kier alpha value is -2.14. The van der Waals surface area contributed by atoms with Crippen LogP contribution in [0.4, 0.5) is 5.69 Å². The summed E-state index contributed by atoms with van der Waals surface area (Å²) in [6, 6.07) is 6.05. The summed E-state index contributed by atoms with van der Waals surface area (Å²) in [5.74, 6) is -0.162. The molecule has 0 bridgehead atoms. The Bertz CT molecular complexity index is 744. The fourth-order valence-electron chi connectivity index (χ4n) is 2.22. The van der Waals surface area contributed by atoms with Gasteiger partial charge in [-0.25, -0.2) is 4.98 Å². The Morgan fingerprint density at radius 2 is 2.30 bits per heavy atom. The van der Waals surface area contributed by atoms with Crippen molar-refractivity contribution in [3.63, 3.8) is 0 Å². The molecule has 4 nitrogen and oxygen atoms in total. The summed E-state index contributed by atoms with van der Waals surface area (Å²) in [7, 11) is 0. The van der Waals surface area contributed by atoms with Crippen LogP contribution in [0.3, 0.4) is 0 Å². The van der Waals surface area contributed by atoms with Crippen LogP contribution in [0.15, 0.2) is 36.0 Å². The van der Waals surface area contributed by atoms with Crippen LogP contribution >= 0.6 is 11.3 Å². The zero-order valence-electron chi connectivity index (χ0n) is 11.4. The maximum Gasteiger partial charge on any atom is 0.275 e. The number of carbonyl (C=O) groups is 1. The molecule has 0 aliphatic rings. The van der Waals surface area contributed by atoms with Crippen LogP contribution in [-0.4, -0.2) is 15.3 Å². The van der Waals surface area contributed by atoms with Crippen LogP contribution in [0.25, 0.3) is 4.96 Å². The molecule has 2 aromatic heterocycles. The van der Waals surface area contributed by atoms with Gasteiger partial charge < -0.3 is 5.32 Å². The van der Waals surface area contributed by atoms with Crippen LogP contribution in [0.5, 0.6) is 0 Å². The number of nitrogens with zero attached hydrogens (tertiary/aromatic N) is 2. The molecule has 0 atom stereocenters. The van der Waals surface area contributed by atoms with Crippen LogP contribution in [0.2, 0.25) is 0 Å². The van der Waals surface area contributed by atoms with Crippen molar-refractivity contribution in [1.29, 1.82) is 0 Å². The summed E-state index contributed by atoms with van der Waals surface area (Å²) < 4.78 is 1.86. The summed E-state index contributed by atoms with van der Waals surface area (Å²) >= 11 is 1.51. The average Bonchev–Trinajstić information content (AvgIpc) is 3.01. The van der Waals surface area contributed by atoms with E-state index in [2.05, 4.69) is 17.2 Å². The SMILES string of the molecule is CCc1cccc(C)c1NC(=O)c1cn2ccsc2n1. The molecule has 0 fully saturated rings. The number of aromatic nitrogens is 2. The van der Waals surface area contributed by atoms with E-state index in [1.54, 1.807) is 6.20 Å². The molecule has 1 amide bonds. The second-order valence-electron chi connectivity index (χ2n) is 4.64. The minimum Gasteiger partial charge on any atom is -0.320 e. The van der Waals surface area contributed by atoms with Gasteiger partial charge in [0.1, 0.15) is 5.69 Å². The topological polar surface area (TPSA) is 46.4 Å². The number of carbonyl (C=O) groups excluding carboxylic acids is 1. The van der Waals surface area contributed by atoms with Crippen molar-refractivity contribution >= 4 is 27.9 Å². The Kier molecular flexibility index (Phi) is 3.28. The molecule has 0 spiro atoms. The molecule has 0 aliphatic heterocycles. The van der Waals surface area contributed by atoms with E-state index in [1.807, 2.05) is 41.1 Å². The summed E-state index contributed by atoms with van der Waals surface area (Å²) in [5.41, 5.74) is 3.55. The number of aryl methyl sites for hydroxylation is 2. The quantitative estimate of drug-likeness (QED) is 0.800. The number of imidazole rings is 1. The van der Waals surface area contributed by atoms with Gasteiger partial charge in [0.2, 0.25) is 0 Å². The van der Waals surface area contributed by atoms with Crippen molar-refractivity contribution in [2.24, 2.45) is 0 Å². The molecule has 2 heterocycles. The fourth-order valence-corrected chi connectivity index (χ4v) is 2.92. The van der Waals surface area contributed by atoms with Crippen LogP contribution in [0.1, 0.15) is 28.5 Å². The molecule has 102 valence electrons. The van der Waals surface area contributed by atoms with Crippen molar-refractivity contribution in [1.82, 2.24) is 9.38 Å². The van der Waals surface area contributed by atoms with E-state index in [9.17, 15) is 4.79 Å². The van der Waals surface area contributed by atoms with Crippen molar-refractivity contribution < 1.29 is 4.79 Å². The normalized spacial score (nSPS) is 10.9. The molecule has 1 N–H and O–H groups in total. The van der Waals surface area contributed by atoms with E-state index >= 15 is 0 Å². The lowest BCUT2D eigenvalue weighted by Crippen LogP contribution is -2.14. The van der Waals surface area contributed by atoms with Gasteiger partial charge in [-0.15, -0.1) is 11.3 Å². The number of para-hydroxylation sites is 1. The largest absolute Gasteiger partial charge is 0.320 e. The molecule has 0 unspecified atom stereocenters. The van der Waals surface area contributed by atoms with Gasteiger partial charge in [-0.05, 0) is 24.5 Å². The van der Waals surface area contributed by atoms with Gasteiger partial charge in [-0.2, -0.15) is 0 Å². The minimum absolute atomic E-state index is 0.162. The lowest BCUT2D eigenvalue weighted by Gasteiger charge is -2.11. The van der Waals surface area contributed by atoms with Gasteiger partial charge in [-0.3, -0.25) is 9.20 Å². The van der Waals surface area contributed by atoms with E-state index < -0.39 is 0 Å². The highest BCUT2D eigenvalue weighted by atomic mass is 32.1. The van der Waals surface area contributed by atoms with E-state index in [4.69, 9.17) is 0 Å². The number of hydrogen-bond donors (Lipinski definition) is 1. The predicted octanol–water partition coefficient (Wildman–Crippen LogP) is 3.52. The summed E-state index contributed by atoms with van der Waals surface area (Å²) in [6.45, 7) is 4.08. The molecule has 1 aromatic carbocycles. The first kappa shape index (κ1) is 12.9. The summed E-state index contributed by atoms with van der Waals surface area (Å²) in [6.07, 6.45) is 4.54.